The molecule has 1 aromatic carbocycles. The molecule has 1 aliphatic heterocycles. The molecule has 1 aliphatic rings. The fourth-order valence-corrected chi connectivity index (χ4v) is 2.31. The first-order valence-electron chi connectivity index (χ1n) is 6.19. The second-order valence-electron chi connectivity index (χ2n) is 4.79. The SMILES string of the molecule is CC(CN1CCCC1)Nc1ccc(N)cc1F. The molecular weight excluding hydrogens is 217 g/mol. The molecule has 3 N–H and O–H groups in total. The number of likely N-dealkylation sites (tertiary alicyclic amines) is 1. The third-order valence-electron chi connectivity index (χ3n) is 3.13. The van der Waals surface area contributed by atoms with Crippen LogP contribution < -0.4 is 11.1 Å². The molecule has 1 saturated heterocycles. The minimum Gasteiger partial charge on any atom is -0.399 e. The number of halogens is 1. The summed E-state index contributed by atoms with van der Waals surface area (Å²) >= 11 is 0. The Balaban J connectivity index is 1.90. The lowest BCUT2D eigenvalue weighted by Crippen LogP contribution is -2.33. The molecule has 1 atom stereocenters. The molecule has 0 saturated carbocycles. The van der Waals surface area contributed by atoms with Gasteiger partial charge in [-0.2, -0.15) is 0 Å². The van der Waals surface area contributed by atoms with Gasteiger partial charge in [-0.1, -0.05) is 0 Å². The zero-order chi connectivity index (χ0) is 12.3. The first-order valence-corrected chi connectivity index (χ1v) is 6.19. The fourth-order valence-electron chi connectivity index (χ4n) is 2.31. The van der Waals surface area contributed by atoms with E-state index in [1.165, 1.54) is 18.9 Å². The molecule has 0 spiro atoms. The third-order valence-corrected chi connectivity index (χ3v) is 3.13. The Hall–Kier alpha value is -1.29. The lowest BCUT2D eigenvalue weighted by Gasteiger charge is -2.22. The topological polar surface area (TPSA) is 41.3 Å². The average Bonchev–Trinajstić information content (AvgIpc) is 2.75. The van der Waals surface area contributed by atoms with E-state index in [-0.39, 0.29) is 11.9 Å². The molecule has 1 unspecified atom stereocenters. The van der Waals surface area contributed by atoms with Crippen molar-refractivity contribution < 1.29 is 4.39 Å². The molecule has 0 bridgehead atoms. The molecule has 0 aliphatic carbocycles. The van der Waals surface area contributed by atoms with Gasteiger partial charge in [-0.3, -0.25) is 0 Å². The van der Waals surface area contributed by atoms with E-state index >= 15 is 0 Å². The van der Waals surface area contributed by atoms with Gasteiger partial charge in [0.1, 0.15) is 5.82 Å². The third kappa shape index (κ3) is 3.33. The Labute approximate surface area is 102 Å². The predicted molar refractivity (Wildman–Crippen MR) is 69.6 cm³/mol. The van der Waals surface area contributed by atoms with E-state index < -0.39 is 0 Å². The summed E-state index contributed by atoms with van der Waals surface area (Å²) in [5, 5.41) is 3.19. The molecule has 1 heterocycles. The van der Waals surface area contributed by atoms with Crippen molar-refractivity contribution >= 4 is 11.4 Å². The molecule has 2 rings (SSSR count). The number of nitrogens with two attached hydrogens (primary N) is 1. The van der Waals surface area contributed by atoms with Crippen LogP contribution in [0.4, 0.5) is 15.8 Å². The second kappa shape index (κ2) is 5.36. The summed E-state index contributed by atoms with van der Waals surface area (Å²) in [4.78, 5) is 2.41. The van der Waals surface area contributed by atoms with Crippen LogP contribution in [0.3, 0.4) is 0 Å². The summed E-state index contributed by atoms with van der Waals surface area (Å²) in [6, 6.07) is 5.01. The van der Waals surface area contributed by atoms with Crippen molar-refractivity contribution in [2.24, 2.45) is 0 Å². The minimum absolute atomic E-state index is 0.242. The Kier molecular flexibility index (Phi) is 3.84. The van der Waals surface area contributed by atoms with Crippen molar-refractivity contribution in [1.29, 1.82) is 0 Å². The number of benzene rings is 1. The number of anilines is 2. The van der Waals surface area contributed by atoms with E-state index in [1.54, 1.807) is 12.1 Å². The number of hydrogen-bond donors (Lipinski definition) is 2. The Morgan fingerprint density at radius 2 is 2.12 bits per heavy atom. The van der Waals surface area contributed by atoms with Crippen LogP contribution in [0.2, 0.25) is 0 Å². The van der Waals surface area contributed by atoms with E-state index in [9.17, 15) is 4.39 Å². The van der Waals surface area contributed by atoms with Crippen LogP contribution in [0.1, 0.15) is 19.8 Å². The van der Waals surface area contributed by atoms with Gasteiger partial charge < -0.3 is 16.0 Å². The Morgan fingerprint density at radius 3 is 2.76 bits per heavy atom. The standard InChI is InChI=1S/C13H20FN3/c1-10(9-17-6-2-3-7-17)16-13-5-4-11(15)8-12(13)14/h4-5,8,10,16H,2-3,6-7,9,15H2,1H3. The quantitative estimate of drug-likeness (QED) is 0.790. The normalized spacial score (nSPS) is 18.2. The molecule has 17 heavy (non-hydrogen) atoms. The number of nitrogen functional groups attached to an aromatic ring is 1. The molecule has 0 amide bonds. The highest BCUT2D eigenvalue weighted by molar-refractivity contribution is 5.53. The highest BCUT2D eigenvalue weighted by Crippen LogP contribution is 2.18. The Bertz CT molecular complexity index is 375. The summed E-state index contributed by atoms with van der Waals surface area (Å²) in [6.45, 7) is 5.37. The molecule has 1 aromatic rings. The van der Waals surface area contributed by atoms with Gasteiger partial charge in [0.2, 0.25) is 0 Å². The lowest BCUT2D eigenvalue weighted by atomic mass is 10.2. The van der Waals surface area contributed by atoms with Crippen LogP contribution in [0.5, 0.6) is 0 Å². The van der Waals surface area contributed by atoms with Crippen molar-refractivity contribution in [3.8, 4) is 0 Å². The van der Waals surface area contributed by atoms with E-state index in [2.05, 4.69) is 17.1 Å². The number of rotatable bonds is 4. The van der Waals surface area contributed by atoms with Crippen molar-refractivity contribution in [1.82, 2.24) is 4.90 Å². The van der Waals surface area contributed by atoms with Gasteiger partial charge in [0, 0.05) is 18.3 Å². The molecule has 4 heteroatoms. The zero-order valence-electron chi connectivity index (χ0n) is 10.2. The van der Waals surface area contributed by atoms with Crippen molar-refractivity contribution in [3.63, 3.8) is 0 Å². The van der Waals surface area contributed by atoms with Gasteiger partial charge >= 0.3 is 0 Å². The summed E-state index contributed by atoms with van der Waals surface area (Å²) in [5.74, 6) is -0.279. The zero-order valence-corrected chi connectivity index (χ0v) is 10.2. The minimum atomic E-state index is -0.279. The van der Waals surface area contributed by atoms with Crippen molar-refractivity contribution in [3.05, 3.63) is 24.0 Å². The van der Waals surface area contributed by atoms with Gasteiger partial charge in [0.25, 0.3) is 0 Å². The molecule has 3 nitrogen and oxygen atoms in total. The smallest absolute Gasteiger partial charge is 0.148 e. The summed E-state index contributed by atoms with van der Waals surface area (Å²) in [5.41, 5.74) is 6.51. The summed E-state index contributed by atoms with van der Waals surface area (Å²) in [7, 11) is 0. The molecule has 1 fully saturated rings. The van der Waals surface area contributed by atoms with Crippen LogP contribution in [0.25, 0.3) is 0 Å². The fraction of sp³-hybridized carbons (Fsp3) is 0.538. The largest absolute Gasteiger partial charge is 0.399 e. The maximum absolute atomic E-state index is 13.6. The van der Waals surface area contributed by atoms with Gasteiger partial charge in [-0.25, -0.2) is 4.39 Å². The Morgan fingerprint density at radius 1 is 1.41 bits per heavy atom. The summed E-state index contributed by atoms with van der Waals surface area (Å²) in [6.07, 6.45) is 2.56. The van der Waals surface area contributed by atoms with Crippen molar-refractivity contribution in [2.45, 2.75) is 25.8 Å². The molecular formula is C13H20FN3. The van der Waals surface area contributed by atoms with Gasteiger partial charge in [0.15, 0.2) is 0 Å². The monoisotopic (exact) mass is 237 g/mol. The highest BCUT2D eigenvalue weighted by atomic mass is 19.1. The second-order valence-corrected chi connectivity index (χ2v) is 4.79. The van der Waals surface area contributed by atoms with Crippen LogP contribution >= 0.6 is 0 Å². The first kappa shape index (κ1) is 12.2. The predicted octanol–water partition coefficient (Wildman–Crippen LogP) is 2.30. The van der Waals surface area contributed by atoms with Crippen LogP contribution in [0.15, 0.2) is 18.2 Å². The van der Waals surface area contributed by atoms with Gasteiger partial charge in [-0.15, -0.1) is 0 Å². The molecule has 0 radical (unpaired) electrons. The maximum atomic E-state index is 13.6. The maximum Gasteiger partial charge on any atom is 0.148 e. The van der Waals surface area contributed by atoms with E-state index in [4.69, 9.17) is 5.73 Å². The number of nitrogens with zero attached hydrogens (tertiary/aromatic N) is 1. The highest BCUT2D eigenvalue weighted by Gasteiger charge is 2.15. The lowest BCUT2D eigenvalue weighted by molar-refractivity contribution is 0.327. The van der Waals surface area contributed by atoms with Crippen LogP contribution in [0, 0.1) is 5.82 Å². The molecule has 94 valence electrons. The summed E-state index contributed by atoms with van der Waals surface area (Å²) < 4.78 is 13.6. The number of nitrogens with one attached hydrogen (secondary N) is 1. The first-order chi connectivity index (χ1) is 8.15. The van der Waals surface area contributed by atoms with E-state index in [0.717, 1.165) is 19.6 Å². The van der Waals surface area contributed by atoms with E-state index in [0.29, 0.717) is 11.4 Å². The average molecular weight is 237 g/mol. The van der Waals surface area contributed by atoms with E-state index in [1.807, 2.05) is 0 Å². The van der Waals surface area contributed by atoms with Gasteiger partial charge in [0.05, 0.1) is 5.69 Å². The van der Waals surface area contributed by atoms with Gasteiger partial charge in [-0.05, 0) is 51.1 Å². The van der Waals surface area contributed by atoms with Crippen LogP contribution in [-0.4, -0.2) is 30.6 Å². The molecule has 0 aromatic heterocycles. The number of hydrogen-bond acceptors (Lipinski definition) is 3. The van der Waals surface area contributed by atoms with Crippen LogP contribution in [-0.2, 0) is 0 Å². The van der Waals surface area contributed by atoms with Crippen molar-refractivity contribution in [2.75, 3.05) is 30.7 Å².